The van der Waals surface area contributed by atoms with Crippen molar-refractivity contribution in [2.75, 3.05) is 13.1 Å². The van der Waals surface area contributed by atoms with Gasteiger partial charge in [-0.2, -0.15) is 0 Å². The molecule has 3 aromatic rings. The molecule has 0 N–H and O–H groups in total. The average molecular weight is 359 g/mol. The third-order valence-corrected chi connectivity index (χ3v) is 5.45. The summed E-state index contributed by atoms with van der Waals surface area (Å²) in [4.78, 5) is 19.2. The van der Waals surface area contributed by atoms with E-state index >= 15 is 0 Å². The van der Waals surface area contributed by atoms with Crippen molar-refractivity contribution < 1.29 is 4.79 Å². The highest BCUT2D eigenvalue weighted by atomic mass is 16.2. The number of amides is 1. The van der Waals surface area contributed by atoms with Crippen LogP contribution in [0.25, 0.3) is 11.0 Å². The van der Waals surface area contributed by atoms with Gasteiger partial charge in [0.2, 0.25) is 5.91 Å². The molecule has 0 radical (unpaired) electrons. The first-order valence-electron chi connectivity index (χ1n) is 9.47. The maximum Gasteiger partial charge on any atom is 0.223 e. The van der Waals surface area contributed by atoms with Crippen LogP contribution in [0.4, 0.5) is 0 Å². The lowest BCUT2D eigenvalue weighted by atomic mass is 10.0. The summed E-state index contributed by atoms with van der Waals surface area (Å²) >= 11 is 0. The van der Waals surface area contributed by atoms with E-state index in [0.717, 1.165) is 23.4 Å². The van der Waals surface area contributed by atoms with Crippen LogP contribution in [0, 0.1) is 13.8 Å². The molecule has 4 rings (SSSR count). The van der Waals surface area contributed by atoms with E-state index in [1.165, 1.54) is 16.7 Å². The fourth-order valence-corrected chi connectivity index (χ4v) is 3.99. The van der Waals surface area contributed by atoms with Crippen LogP contribution in [0.5, 0.6) is 0 Å². The van der Waals surface area contributed by atoms with Crippen LogP contribution >= 0.6 is 0 Å². The second kappa shape index (κ2) is 7.03. The number of aryl methyl sites for hydroxylation is 2. The Morgan fingerprint density at radius 2 is 2.04 bits per heavy atom. The van der Waals surface area contributed by atoms with E-state index in [1.807, 2.05) is 11.0 Å². The minimum atomic E-state index is 0.120. The molecule has 4 heteroatoms. The Morgan fingerprint density at radius 3 is 2.85 bits per heavy atom. The van der Waals surface area contributed by atoms with Gasteiger partial charge >= 0.3 is 0 Å². The van der Waals surface area contributed by atoms with E-state index in [-0.39, 0.29) is 11.8 Å². The first-order valence-corrected chi connectivity index (χ1v) is 9.47. The molecule has 1 aliphatic rings. The maximum atomic E-state index is 12.4. The minimum Gasteiger partial charge on any atom is -0.338 e. The summed E-state index contributed by atoms with van der Waals surface area (Å²) in [5.41, 5.74) is 5.96. The third kappa shape index (κ3) is 3.27. The Labute approximate surface area is 160 Å². The highest BCUT2D eigenvalue weighted by molar-refractivity contribution is 5.81. The Bertz CT molecular complexity index is 1020. The predicted octanol–water partition coefficient (Wildman–Crippen LogP) is 4.20. The summed E-state index contributed by atoms with van der Waals surface area (Å²) < 4.78 is 2.30. The predicted molar refractivity (Wildman–Crippen MR) is 109 cm³/mol. The number of para-hydroxylation sites is 2. The number of likely N-dealkylation sites (tertiary alicyclic amines) is 1. The monoisotopic (exact) mass is 359 g/mol. The van der Waals surface area contributed by atoms with E-state index in [4.69, 9.17) is 4.98 Å². The second-order valence-corrected chi connectivity index (χ2v) is 7.46. The number of nitrogens with zero attached hydrogens (tertiary/aromatic N) is 3. The highest BCUT2D eigenvalue weighted by Crippen LogP contribution is 2.31. The van der Waals surface area contributed by atoms with E-state index < -0.39 is 0 Å². The van der Waals surface area contributed by atoms with Crippen LogP contribution in [-0.2, 0) is 11.3 Å². The van der Waals surface area contributed by atoms with Gasteiger partial charge in [0.15, 0.2) is 0 Å². The molecular formula is C23H25N3O. The number of rotatable bonds is 5. The van der Waals surface area contributed by atoms with Gasteiger partial charge in [-0.1, -0.05) is 42.0 Å². The standard InChI is InChI=1S/C23H25N3O/c1-4-11-25-14-19(13-22(25)27)23-24-20-7-5-6-8-21(20)26(23)15-18-12-16(2)9-10-17(18)3/h4-10,12,19H,1,11,13-15H2,2-3H3. The summed E-state index contributed by atoms with van der Waals surface area (Å²) in [7, 11) is 0. The molecular weight excluding hydrogens is 334 g/mol. The van der Waals surface area contributed by atoms with E-state index in [2.05, 4.69) is 61.4 Å². The minimum absolute atomic E-state index is 0.120. The molecule has 27 heavy (non-hydrogen) atoms. The lowest BCUT2D eigenvalue weighted by Crippen LogP contribution is -2.25. The van der Waals surface area contributed by atoms with E-state index in [9.17, 15) is 4.79 Å². The van der Waals surface area contributed by atoms with Crippen LogP contribution in [0.15, 0.2) is 55.1 Å². The van der Waals surface area contributed by atoms with Crippen molar-refractivity contribution in [3.8, 4) is 0 Å². The van der Waals surface area contributed by atoms with Crippen LogP contribution < -0.4 is 0 Å². The SMILES string of the molecule is C=CCN1CC(c2nc3ccccc3n2Cc2cc(C)ccc2C)CC1=O. The van der Waals surface area contributed by atoms with Crippen molar-refractivity contribution in [3.63, 3.8) is 0 Å². The van der Waals surface area contributed by atoms with Crippen molar-refractivity contribution >= 4 is 16.9 Å². The topological polar surface area (TPSA) is 38.1 Å². The summed E-state index contributed by atoms with van der Waals surface area (Å²) in [6.07, 6.45) is 2.31. The molecule has 1 aliphatic heterocycles. The van der Waals surface area contributed by atoms with Crippen molar-refractivity contribution in [2.45, 2.75) is 32.7 Å². The second-order valence-electron chi connectivity index (χ2n) is 7.46. The molecule has 2 heterocycles. The summed E-state index contributed by atoms with van der Waals surface area (Å²) in [6, 6.07) is 14.8. The number of fused-ring (bicyclic) bond motifs is 1. The van der Waals surface area contributed by atoms with Gasteiger partial charge < -0.3 is 9.47 Å². The molecule has 0 saturated carbocycles. The molecule has 0 spiro atoms. The van der Waals surface area contributed by atoms with E-state index in [0.29, 0.717) is 19.5 Å². The molecule has 1 saturated heterocycles. The Kier molecular flexibility index (Phi) is 4.56. The largest absolute Gasteiger partial charge is 0.338 e. The van der Waals surface area contributed by atoms with Crippen molar-refractivity contribution in [1.82, 2.24) is 14.5 Å². The molecule has 0 aliphatic carbocycles. The van der Waals surface area contributed by atoms with Crippen LogP contribution in [0.3, 0.4) is 0 Å². The van der Waals surface area contributed by atoms with Gasteiger partial charge in [-0.3, -0.25) is 4.79 Å². The molecule has 1 unspecified atom stereocenters. The molecule has 2 aromatic carbocycles. The quantitative estimate of drug-likeness (QED) is 0.640. The number of aromatic nitrogens is 2. The molecule has 0 bridgehead atoms. The summed E-state index contributed by atoms with van der Waals surface area (Å²) in [6.45, 7) is 10.1. The van der Waals surface area contributed by atoms with Gasteiger partial charge in [0, 0.05) is 32.0 Å². The fraction of sp³-hybridized carbons (Fsp3) is 0.304. The Balaban J connectivity index is 1.77. The molecule has 1 atom stereocenters. The molecule has 4 nitrogen and oxygen atoms in total. The first kappa shape index (κ1) is 17.5. The van der Waals surface area contributed by atoms with E-state index in [1.54, 1.807) is 6.08 Å². The van der Waals surface area contributed by atoms with Gasteiger partial charge in [-0.05, 0) is 37.1 Å². The molecule has 138 valence electrons. The maximum absolute atomic E-state index is 12.4. The average Bonchev–Trinajstić information content (AvgIpc) is 3.20. The number of carbonyl (C=O) groups excluding carboxylic acids is 1. The lowest BCUT2D eigenvalue weighted by molar-refractivity contribution is -0.127. The highest BCUT2D eigenvalue weighted by Gasteiger charge is 2.33. The first-order chi connectivity index (χ1) is 13.1. The number of imidazole rings is 1. The smallest absolute Gasteiger partial charge is 0.223 e. The van der Waals surface area contributed by atoms with Crippen LogP contribution in [0.2, 0.25) is 0 Å². The number of hydrogen-bond acceptors (Lipinski definition) is 2. The van der Waals surface area contributed by atoms with Gasteiger partial charge in [-0.15, -0.1) is 6.58 Å². The van der Waals surface area contributed by atoms with Gasteiger partial charge in [0.05, 0.1) is 11.0 Å². The zero-order valence-corrected chi connectivity index (χ0v) is 16.0. The third-order valence-electron chi connectivity index (χ3n) is 5.45. The summed E-state index contributed by atoms with van der Waals surface area (Å²) in [5.74, 6) is 1.32. The Morgan fingerprint density at radius 1 is 1.22 bits per heavy atom. The zero-order valence-electron chi connectivity index (χ0n) is 16.0. The molecule has 1 amide bonds. The van der Waals surface area contributed by atoms with Crippen molar-refractivity contribution in [3.05, 3.63) is 77.6 Å². The van der Waals surface area contributed by atoms with Gasteiger partial charge in [0.1, 0.15) is 5.82 Å². The lowest BCUT2D eigenvalue weighted by Gasteiger charge is -2.16. The van der Waals surface area contributed by atoms with Crippen LogP contribution in [-0.4, -0.2) is 33.4 Å². The number of hydrogen-bond donors (Lipinski definition) is 0. The number of carbonyl (C=O) groups is 1. The number of benzene rings is 2. The summed E-state index contributed by atoms with van der Waals surface area (Å²) in [5, 5.41) is 0. The normalized spacial score (nSPS) is 17.0. The van der Waals surface area contributed by atoms with Crippen molar-refractivity contribution in [1.29, 1.82) is 0 Å². The van der Waals surface area contributed by atoms with Crippen LogP contribution in [0.1, 0.15) is 34.9 Å². The molecule has 1 aromatic heterocycles. The van der Waals surface area contributed by atoms with Gasteiger partial charge in [-0.25, -0.2) is 4.98 Å². The Hall–Kier alpha value is -2.88. The van der Waals surface area contributed by atoms with Crippen molar-refractivity contribution in [2.24, 2.45) is 0 Å². The molecule has 1 fully saturated rings. The fourth-order valence-electron chi connectivity index (χ4n) is 3.99. The van der Waals surface area contributed by atoms with Gasteiger partial charge in [0.25, 0.3) is 0 Å². The zero-order chi connectivity index (χ0) is 19.0.